The number of esters is 1. The van der Waals surface area contributed by atoms with E-state index in [1.165, 1.54) is 15.9 Å². The molecule has 36 heavy (non-hydrogen) atoms. The average Bonchev–Trinajstić information content (AvgIpc) is 3.45. The molecule has 4 rings (SSSR count). The molecule has 1 aromatic carbocycles. The third-order valence-corrected chi connectivity index (χ3v) is 8.19. The minimum atomic E-state index is -1.22. The maximum Gasteiger partial charge on any atom is 0.313 e. The van der Waals surface area contributed by atoms with Gasteiger partial charge in [-0.05, 0) is 37.8 Å². The number of carbonyl (C=O) groups is 3. The van der Waals surface area contributed by atoms with Crippen LogP contribution in [-0.2, 0) is 23.9 Å². The molecule has 2 amide bonds. The standard InChI is InChI=1S/C27H33ClN2O6/c1-5-13-29(21-17(4)9-8-10-18(21)28)24(33)22-27-12-11-26(7-3,36-27)20(25(34)35-16-6-2)19(27)23(32)30(22)14-15-31/h5-6,8-10,19-20,22,31H,1-2,7,11-16H2,3-4H3/t19-,20-,22?,26+,27?/m0/s1. The highest BCUT2D eigenvalue weighted by molar-refractivity contribution is 6.34. The number of aliphatic hydroxyl groups is 1. The lowest BCUT2D eigenvalue weighted by Crippen LogP contribution is -2.57. The Bertz CT molecular complexity index is 1070. The number of rotatable bonds is 10. The number of hydrogen-bond donors (Lipinski definition) is 1. The molecule has 1 N–H and O–H groups in total. The Morgan fingerprint density at radius 1 is 1.33 bits per heavy atom. The molecule has 3 heterocycles. The number of carbonyl (C=O) groups excluding carboxylic acids is 3. The van der Waals surface area contributed by atoms with Gasteiger partial charge in [-0.3, -0.25) is 14.4 Å². The number of aliphatic hydroxyl groups excluding tert-OH is 1. The smallest absolute Gasteiger partial charge is 0.313 e. The summed E-state index contributed by atoms with van der Waals surface area (Å²) in [5, 5.41) is 10.2. The predicted molar refractivity (Wildman–Crippen MR) is 136 cm³/mol. The van der Waals surface area contributed by atoms with Crippen molar-refractivity contribution in [1.82, 2.24) is 4.90 Å². The fourth-order valence-electron chi connectivity index (χ4n) is 6.47. The van der Waals surface area contributed by atoms with E-state index >= 15 is 0 Å². The molecule has 0 aliphatic carbocycles. The average molecular weight is 517 g/mol. The Morgan fingerprint density at radius 2 is 2.08 bits per heavy atom. The number of amides is 2. The lowest BCUT2D eigenvalue weighted by Gasteiger charge is -2.37. The van der Waals surface area contributed by atoms with Gasteiger partial charge in [0.25, 0.3) is 5.91 Å². The first kappa shape index (κ1) is 26.4. The molecule has 3 saturated heterocycles. The number of β-amino-alcohol motifs (C(OH)–C–C–N with tert-alkyl or cyclic N) is 1. The Labute approximate surface area is 216 Å². The summed E-state index contributed by atoms with van der Waals surface area (Å²) in [5.41, 5.74) is -0.796. The van der Waals surface area contributed by atoms with Gasteiger partial charge in [-0.15, -0.1) is 6.58 Å². The van der Waals surface area contributed by atoms with Crippen molar-refractivity contribution in [3.05, 3.63) is 54.1 Å². The summed E-state index contributed by atoms with van der Waals surface area (Å²) in [5.74, 6) is -3.03. The first-order chi connectivity index (χ1) is 17.2. The van der Waals surface area contributed by atoms with Crippen LogP contribution >= 0.6 is 11.6 Å². The molecular formula is C27H33ClN2O6. The first-order valence-electron chi connectivity index (χ1n) is 12.3. The second-order valence-corrected chi connectivity index (χ2v) is 10.1. The number of nitrogens with zero attached hydrogens (tertiary/aromatic N) is 2. The molecule has 5 atom stereocenters. The zero-order valence-corrected chi connectivity index (χ0v) is 21.5. The largest absolute Gasteiger partial charge is 0.461 e. The highest BCUT2D eigenvalue weighted by atomic mass is 35.5. The van der Waals surface area contributed by atoms with Crippen LogP contribution in [0.2, 0.25) is 5.02 Å². The molecule has 2 unspecified atom stereocenters. The molecule has 0 saturated carbocycles. The van der Waals surface area contributed by atoms with Crippen molar-refractivity contribution in [3.63, 3.8) is 0 Å². The Morgan fingerprint density at radius 3 is 2.69 bits per heavy atom. The monoisotopic (exact) mass is 516 g/mol. The SMILES string of the molecule is C=CCOC(=O)[C@@H]1[C@H]2C(=O)N(CCO)C(C(=O)N(CC=C)c3c(C)cccc3Cl)C23CC[C@@]1(CC)O3. The number of fused-ring (bicyclic) bond motifs is 1. The molecule has 8 nitrogen and oxygen atoms in total. The number of para-hydroxylation sites is 1. The number of halogens is 1. The van der Waals surface area contributed by atoms with Crippen LogP contribution in [0.4, 0.5) is 5.69 Å². The number of benzene rings is 1. The zero-order valence-electron chi connectivity index (χ0n) is 20.7. The summed E-state index contributed by atoms with van der Waals surface area (Å²) >= 11 is 6.53. The highest BCUT2D eigenvalue weighted by Gasteiger charge is 2.79. The first-order valence-corrected chi connectivity index (χ1v) is 12.7. The lowest BCUT2D eigenvalue weighted by atomic mass is 9.65. The van der Waals surface area contributed by atoms with E-state index in [0.29, 0.717) is 30.0 Å². The van der Waals surface area contributed by atoms with Crippen molar-refractivity contribution < 1.29 is 29.0 Å². The molecule has 2 bridgehead atoms. The van der Waals surface area contributed by atoms with Crippen LogP contribution in [0, 0.1) is 18.8 Å². The van der Waals surface area contributed by atoms with Crippen LogP contribution < -0.4 is 4.90 Å². The van der Waals surface area contributed by atoms with Gasteiger partial charge in [0.2, 0.25) is 5.91 Å². The van der Waals surface area contributed by atoms with Gasteiger partial charge in [0.15, 0.2) is 0 Å². The van der Waals surface area contributed by atoms with Gasteiger partial charge in [0.1, 0.15) is 24.2 Å². The van der Waals surface area contributed by atoms with Gasteiger partial charge >= 0.3 is 5.97 Å². The van der Waals surface area contributed by atoms with Crippen LogP contribution in [0.15, 0.2) is 43.5 Å². The van der Waals surface area contributed by atoms with E-state index in [-0.39, 0.29) is 38.1 Å². The Balaban J connectivity index is 1.83. The minimum Gasteiger partial charge on any atom is -0.461 e. The molecule has 0 aromatic heterocycles. The van der Waals surface area contributed by atoms with E-state index in [4.69, 9.17) is 21.1 Å². The van der Waals surface area contributed by atoms with E-state index in [0.717, 1.165) is 5.56 Å². The molecule has 3 fully saturated rings. The maximum atomic E-state index is 14.4. The molecule has 1 spiro atoms. The number of likely N-dealkylation sites (tertiary alicyclic amines) is 1. The van der Waals surface area contributed by atoms with Crippen LogP contribution in [-0.4, -0.2) is 71.3 Å². The van der Waals surface area contributed by atoms with Gasteiger partial charge in [0, 0.05) is 13.1 Å². The third-order valence-electron chi connectivity index (χ3n) is 7.89. The minimum absolute atomic E-state index is 0.0185. The Hall–Kier alpha value is -2.68. The van der Waals surface area contributed by atoms with Crippen LogP contribution in [0.5, 0.6) is 0 Å². The lowest BCUT2D eigenvalue weighted by molar-refractivity contribution is -0.160. The summed E-state index contributed by atoms with van der Waals surface area (Å²) in [6.07, 6.45) is 4.52. The van der Waals surface area contributed by atoms with Gasteiger partial charge in [-0.1, -0.05) is 49.4 Å². The predicted octanol–water partition coefficient (Wildman–Crippen LogP) is 3.04. The van der Waals surface area contributed by atoms with Crippen molar-refractivity contribution in [1.29, 1.82) is 0 Å². The van der Waals surface area contributed by atoms with E-state index in [1.807, 2.05) is 19.9 Å². The number of anilines is 1. The molecule has 3 aliphatic heterocycles. The van der Waals surface area contributed by atoms with Crippen LogP contribution in [0.1, 0.15) is 31.7 Å². The second kappa shape index (κ2) is 10.00. The van der Waals surface area contributed by atoms with Crippen molar-refractivity contribution in [3.8, 4) is 0 Å². The summed E-state index contributed by atoms with van der Waals surface area (Å²) in [6.45, 7) is 10.9. The molecular weight excluding hydrogens is 484 g/mol. The normalized spacial score (nSPS) is 30.3. The third kappa shape index (κ3) is 3.78. The van der Waals surface area contributed by atoms with Crippen molar-refractivity contribution in [2.75, 3.05) is 31.2 Å². The van der Waals surface area contributed by atoms with Gasteiger partial charge in [0.05, 0.1) is 28.8 Å². The van der Waals surface area contributed by atoms with E-state index in [1.54, 1.807) is 18.2 Å². The molecule has 194 valence electrons. The molecule has 9 heteroatoms. The van der Waals surface area contributed by atoms with E-state index in [2.05, 4.69) is 13.2 Å². The number of ether oxygens (including phenoxy) is 2. The molecule has 0 radical (unpaired) electrons. The van der Waals surface area contributed by atoms with Crippen molar-refractivity contribution in [2.24, 2.45) is 11.8 Å². The zero-order chi connectivity index (χ0) is 26.3. The summed E-state index contributed by atoms with van der Waals surface area (Å²) in [7, 11) is 0. The maximum absolute atomic E-state index is 14.4. The van der Waals surface area contributed by atoms with Crippen LogP contribution in [0.25, 0.3) is 0 Å². The summed E-state index contributed by atoms with van der Waals surface area (Å²) in [6, 6.07) is 4.32. The summed E-state index contributed by atoms with van der Waals surface area (Å²) in [4.78, 5) is 44.4. The van der Waals surface area contributed by atoms with Crippen molar-refractivity contribution in [2.45, 2.75) is 50.4 Å². The molecule has 3 aliphatic rings. The second-order valence-electron chi connectivity index (χ2n) is 9.65. The van der Waals surface area contributed by atoms with Crippen LogP contribution in [0.3, 0.4) is 0 Å². The van der Waals surface area contributed by atoms with E-state index < -0.39 is 35.0 Å². The fourth-order valence-corrected chi connectivity index (χ4v) is 6.79. The fraction of sp³-hybridized carbons (Fsp3) is 0.519. The number of aryl methyl sites for hydroxylation is 1. The highest BCUT2D eigenvalue weighted by Crippen LogP contribution is 2.64. The van der Waals surface area contributed by atoms with Crippen molar-refractivity contribution >= 4 is 35.1 Å². The van der Waals surface area contributed by atoms with Gasteiger partial charge in [-0.2, -0.15) is 0 Å². The topological polar surface area (TPSA) is 96.4 Å². The Kier molecular flexibility index (Phi) is 7.33. The van der Waals surface area contributed by atoms with Gasteiger partial charge in [-0.25, -0.2) is 0 Å². The molecule has 1 aromatic rings. The quantitative estimate of drug-likeness (QED) is 0.379. The number of hydrogen-bond acceptors (Lipinski definition) is 6. The summed E-state index contributed by atoms with van der Waals surface area (Å²) < 4.78 is 12.1. The van der Waals surface area contributed by atoms with E-state index in [9.17, 15) is 19.5 Å². The van der Waals surface area contributed by atoms with Gasteiger partial charge < -0.3 is 24.4 Å².